The number of hydrogen-bond acceptors (Lipinski definition) is 20. The van der Waals surface area contributed by atoms with Crippen LogP contribution in [0.1, 0.15) is 23.2 Å². The zero-order valence-electron chi connectivity index (χ0n) is 32.7. The number of nitrogens with two attached hydrogens (primary N) is 1. The number of carbonyl (C=O) groups excluding carboxylic acids is 2. The number of rotatable bonds is 21. The van der Waals surface area contributed by atoms with Crippen LogP contribution >= 0.6 is 11.6 Å². The number of carboxylic acids is 1. The van der Waals surface area contributed by atoms with E-state index in [9.17, 15) is 67.9 Å². The molecule has 3 amide bonds. The maximum absolute atomic E-state index is 12.5. The number of hydrogen-bond donors (Lipinski definition) is 8. The van der Waals surface area contributed by atoms with E-state index >= 15 is 0 Å². The van der Waals surface area contributed by atoms with E-state index < -0.39 is 109 Å². The number of halogens is 1. The molecule has 0 saturated carbocycles. The highest BCUT2D eigenvalue weighted by Crippen LogP contribution is 2.47. The first-order valence-electron chi connectivity index (χ1n) is 17.7. The molecule has 0 heterocycles. The van der Waals surface area contributed by atoms with Gasteiger partial charge in [-0.05, 0) is 73.2 Å². The van der Waals surface area contributed by atoms with Crippen LogP contribution in [-0.4, -0.2) is 106 Å². The average Bonchev–Trinajstić information content (AvgIpc) is 3.19. The Kier molecular flexibility index (Phi) is 16.8. The van der Waals surface area contributed by atoms with Crippen molar-refractivity contribution in [2.75, 3.05) is 40.4 Å². The highest BCUT2D eigenvalue weighted by atomic mass is 35.5. The molecular weight excluding hydrogens is 970 g/mol. The molecule has 0 saturated heterocycles. The lowest BCUT2D eigenvalue weighted by Gasteiger charge is -2.09. The standard InChI is InChI=1S/C34H34ClN9O17S4/c35-11-14-62(51,52)13-1-2-29(46)37-20-5-10-25(28(17-20)64(55,56)57)42-41-24-9-6-21(16-26(24)38-34(36)50)40-44-31-27(45)18-23(33(48)49)30(32(31)47)43-39-19-3-7-22(8-4-19)63(53,54)15-12-61-65(58,59)60/h3-10,16-18,45,47H,1-2,11-15H2,(H,37,46)(H,48,49)(H3,36,38,50)(H,55,56,57)(H,58,59,60). The smallest absolute Gasteiger partial charge is 0.397 e. The fourth-order valence-electron chi connectivity index (χ4n) is 5.09. The number of carbonyl (C=O) groups is 3. The fourth-order valence-corrected chi connectivity index (χ4v) is 8.96. The highest BCUT2D eigenvalue weighted by molar-refractivity contribution is 7.91. The van der Waals surface area contributed by atoms with Crippen LogP contribution in [-0.2, 0) is 49.2 Å². The Balaban J connectivity index is 1.59. The summed E-state index contributed by atoms with van der Waals surface area (Å²) >= 11 is 5.46. The van der Waals surface area contributed by atoms with Crippen molar-refractivity contribution in [1.29, 1.82) is 0 Å². The molecule has 0 atom stereocenters. The molecule has 31 heteroatoms. The number of primary amides is 1. The van der Waals surface area contributed by atoms with Crippen LogP contribution < -0.4 is 16.4 Å². The Bertz CT molecular complexity index is 3040. The van der Waals surface area contributed by atoms with Gasteiger partial charge in [-0.25, -0.2) is 30.6 Å². The molecule has 0 aliphatic carbocycles. The van der Waals surface area contributed by atoms with E-state index in [1.165, 1.54) is 18.2 Å². The second-order valence-electron chi connectivity index (χ2n) is 12.8. The number of aromatic hydroxyl groups is 2. The Morgan fingerprint density at radius 3 is 1.94 bits per heavy atom. The van der Waals surface area contributed by atoms with Crippen molar-refractivity contribution in [2.45, 2.75) is 22.6 Å². The zero-order valence-corrected chi connectivity index (χ0v) is 36.7. The highest BCUT2D eigenvalue weighted by Gasteiger charge is 2.23. The topological polar surface area (TPSA) is 422 Å². The second-order valence-corrected chi connectivity index (χ2v) is 20.1. The van der Waals surface area contributed by atoms with Gasteiger partial charge in [0.2, 0.25) is 5.91 Å². The number of sulfone groups is 2. The summed E-state index contributed by atoms with van der Waals surface area (Å²) in [6.07, 6.45) is -0.293. The SMILES string of the molecule is NC(=O)Nc1cc(N=Nc2c(O)cc(C(=O)O)c(N=Nc3ccc(S(=O)(=O)CCOS(=O)(=O)O)cc3)c2O)ccc1N=Nc1ccc(NC(=O)CCCS(=O)(=O)CCCl)cc1S(=O)(=O)O. The van der Waals surface area contributed by atoms with Gasteiger partial charge >= 0.3 is 22.4 Å². The minimum Gasteiger partial charge on any atom is -0.505 e. The number of benzene rings is 4. The Hall–Kier alpha value is -6.54. The first-order chi connectivity index (χ1) is 30.3. The van der Waals surface area contributed by atoms with Crippen LogP contribution in [0.25, 0.3) is 0 Å². The molecule has 0 fully saturated rings. The van der Waals surface area contributed by atoms with E-state index in [0.29, 0.717) is 6.07 Å². The van der Waals surface area contributed by atoms with E-state index in [4.69, 9.17) is 21.9 Å². The number of nitrogens with one attached hydrogen (secondary N) is 2. The molecule has 65 heavy (non-hydrogen) atoms. The van der Waals surface area contributed by atoms with Gasteiger partial charge in [-0.3, -0.25) is 13.9 Å². The molecule has 9 N–H and O–H groups in total. The van der Waals surface area contributed by atoms with E-state index in [1.54, 1.807) is 0 Å². The maximum atomic E-state index is 12.5. The van der Waals surface area contributed by atoms with E-state index in [0.717, 1.165) is 42.5 Å². The van der Waals surface area contributed by atoms with Crippen LogP contribution in [0.4, 0.5) is 50.3 Å². The minimum atomic E-state index is -5.00. The van der Waals surface area contributed by atoms with Gasteiger partial charge in [-0.1, -0.05) is 0 Å². The molecule has 348 valence electrons. The number of phenolic OH excluding ortho intramolecular Hbond substituents is 2. The molecule has 4 aromatic rings. The van der Waals surface area contributed by atoms with Crippen molar-refractivity contribution >= 4 is 115 Å². The first kappa shape index (κ1) is 51.1. The van der Waals surface area contributed by atoms with Gasteiger partial charge in [-0.15, -0.1) is 32.1 Å². The number of phenols is 2. The Morgan fingerprint density at radius 2 is 1.32 bits per heavy atom. The molecule has 0 bridgehead atoms. The minimum absolute atomic E-state index is 0.0473. The second kappa shape index (κ2) is 21.4. The third-order valence-electron chi connectivity index (χ3n) is 8.04. The normalized spacial score (nSPS) is 12.5. The van der Waals surface area contributed by atoms with Crippen molar-refractivity contribution in [1.82, 2.24) is 0 Å². The summed E-state index contributed by atoms with van der Waals surface area (Å²) in [5.74, 6) is -5.80. The van der Waals surface area contributed by atoms with Gasteiger partial charge in [0.15, 0.2) is 31.1 Å². The lowest BCUT2D eigenvalue weighted by molar-refractivity contribution is -0.116. The van der Waals surface area contributed by atoms with Gasteiger partial charge in [0.1, 0.15) is 27.7 Å². The van der Waals surface area contributed by atoms with Crippen LogP contribution in [0.5, 0.6) is 11.5 Å². The van der Waals surface area contributed by atoms with Crippen molar-refractivity contribution < 1.29 is 76.7 Å². The molecule has 4 rings (SSSR count). The van der Waals surface area contributed by atoms with Gasteiger partial charge in [-0.2, -0.15) is 27.1 Å². The van der Waals surface area contributed by atoms with Gasteiger partial charge < -0.3 is 31.7 Å². The largest absolute Gasteiger partial charge is 0.505 e. The maximum Gasteiger partial charge on any atom is 0.397 e. The fraction of sp³-hybridized carbons (Fsp3) is 0.206. The van der Waals surface area contributed by atoms with E-state index in [1.807, 2.05) is 0 Å². The number of urea groups is 1. The Morgan fingerprint density at radius 1 is 0.708 bits per heavy atom. The molecule has 0 radical (unpaired) electrons. The number of amides is 3. The molecule has 4 aromatic carbocycles. The molecule has 0 aromatic heterocycles. The lowest BCUT2D eigenvalue weighted by Crippen LogP contribution is -2.19. The van der Waals surface area contributed by atoms with Crippen molar-refractivity contribution in [2.24, 2.45) is 36.4 Å². The van der Waals surface area contributed by atoms with Crippen molar-refractivity contribution in [3.63, 3.8) is 0 Å². The number of carboxylic acid groups (broad SMARTS) is 1. The molecule has 26 nitrogen and oxygen atoms in total. The average molecular weight is 1000 g/mol. The molecule has 0 spiro atoms. The van der Waals surface area contributed by atoms with Crippen molar-refractivity contribution in [3.05, 3.63) is 72.3 Å². The summed E-state index contributed by atoms with van der Waals surface area (Å²) in [4.78, 5) is 35.1. The number of alkyl halides is 1. The van der Waals surface area contributed by atoms with Crippen molar-refractivity contribution in [3.8, 4) is 11.5 Å². The number of aromatic carboxylic acids is 1. The predicted molar refractivity (Wildman–Crippen MR) is 228 cm³/mol. The number of nitrogens with zero attached hydrogens (tertiary/aromatic N) is 6. The summed E-state index contributed by atoms with van der Waals surface area (Å²) in [5.41, 5.74) is 1.93. The summed E-state index contributed by atoms with van der Waals surface area (Å²) in [6, 6.07) is 10.5. The van der Waals surface area contributed by atoms with Crippen LogP contribution in [0.2, 0.25) is 0 Å². The molecule has 0 aliphatic heterocycles. The summed E-state index contributed by atoms with van der Waals surface area (Å²) in [6.45, 7) is -0.883. The third kappa shape index (κ3) is 15.3. The van der Waals surface area contributed by atoms with Crippen LogP contribution in [0.3, 0.4) is 0 Å². The number of azo groups is 3. The molecular formula is C34H34ClN9O17S4. The summed E-state index contributed by atoms with van der Waals surface area (Å²) < 4.78 is 117. The summed E-state index contributed by atoms with van der Waals surface area (Å²) in [5, 5.41) is 58.8. The van der Waals surface area contributed by atoms with Crippen LogP contribution in [0.15, 0.2) is 107 Å². The van der Waals surface area contributed by atoms with Crippen LogP contribution in [0, 0.1) is 0 Å². The van der Waals surface area contributed by atoms with Gasteiger partial charge in [0, 0.05) is 18.0 Å². The quantitative estimate of drug-likeness (QED) is 0.0280. The number of anilines is 2. The van der Waals surface area contributed by atoms with Gasteiger partial charge in [0.25, 0.3) is 10.1 Å². The molecule has 0 aliphatic rings. The molecule has 0 unspecified atom stereocenters. The first-order valence-corrected chi connectivity index (χ1v) is 24.5. The van der Waals surface area contributed by atoms with E-state index in [-0.39, 0.29) is 63.6 Å². The zero-order chi connectivity index (χ0) is 48.3. The Labute approximate surface area is 373 Å². The lowest BCUT2D eigenvalue weighted by atomic mass is 10.1. The predicted octanol–water partition coefficient (Wildman–Crippen LogP) is 5.74. The van der Waals surface area contributed by atoms with Gasteiger partial charge in [0.05, 0.1) is 51.4 Å². The van der Waals surface area contributed by atoms with E-state index in [2.05, 4.69) is 45.5 Å². The monoisotopic (exact) mass is 1000 g/mol. The summed E-state index contributed by atoms with van der Waals surface area (Å²) in [7, 11) is -17.5. The third-order valence-corrected chi connectivity index (χ3v) is 13.2.